The highest BCUT2D eigenvalue weighted by atomic mass is 16.5. The summed E-state index contributed by atoms with van der Waals surface area (Å²) in [7, 11) is 1.69. The Morgan fingerprint density at radius 1 is 0.931 bits per heavy atom. The van der Waals surface area contributed by atoms with Gasteiger partial charge < -0.3 is 14.5 Å². The molecule has 1 saturated carbocycles. The van der Waals surface area contributed by atoms with Crippen LogP contribution in [0, 0.1) is 5.41 Å². The maximum absolute atomic E-state index is 5.32. The van der Waals surface area contributed by atoms with Gasteiger partial charge in [0.1, 0.15) is 5.75 Å². The maximum Gasteiger partial charge on any atom is 0.151 e. The number of likely N-dealkylation sites (tertiary alicyclic amines) is 1. The average Bonchev–Trinajstić information content (AvgIpc) is 2.75. The lowest BCUT2D eigenvalue weighted by Gasteiger charge is -2.50. The first-order valence-electron chi connectivity index (χ1n) is 11.2. The Balaban J connectivity index is 1.19. The zero-order valence-corrected chi connectivity index (χ0v) is 17.5. The van der Waals surface area contributed by atoms with Crippen LogP contribution in [-0.2, 0) is 0 Å². The number of benzene rings is 1. The molecule has 2 aliphatic heterocycles. The number of piperidine rings is 2. The van der Waals surface area contributed by atoms with Crippen LogP contribution in [0.15, 0.2) is 36.4 Å². The van der Waals surface area contributed by atoms with Crippen molar-refractivity contribution in [1.82, 2.24) is 15.1 Å². The van der Waals surface area contributed by atoms with Crippen molar-refractivity contribution in [3.05, 3.63) is 36.4 Å². The molecule has 1 aliphatic carbocycles. The van der Waals surface area contributed by atoms with Crippen molar-refractivity contribution >= 4 is 5.82 Å². The molecule has 1 spiro atoms. The van der Waals surface area contributed by atoms with Crippen molar-refractivity contribution in [3.63, 3.8) is 0 Å². The van der Waals surface area contributed by atoms with E-state index in [1.165, 1.54) is 58.0 Å². The van der Waals surface area contributed by atoms with E-state index in [2.05, 4.69) is 32.1 Å². The number of ether oxygens (including phenoxy) is 1. The molecule has 0 unspecified atom stereocenters. The topological polar surface area (TPSA) is 41.5 Å². The summed E-state index contributed by atoms with van der Waals surface area (Å²) >= 11 is 0. The molecule has 5 nitrogen and oxygen atoms in total. The summed E-state index contributed by atoms with van der Waals surface area (Å²) < 4.78 is 5.32. The molecular formula is C24H32N4O. The van der Waals surface area contributed by atoms with Crippen molar-refractivity contribution in [2.45, 2.75) is 51.0 Å². The van der Waals surface area contributed by atoms with Gasteiger partial charge in [-0.05, 0) is 81.3 Å². The molecule has 0 atom stereocenters. The second-order valence-corrected chi connectivity index (χ2v) is 9.12. The minimum atomic E-state index is 0.574. The maximum atomic E-state index is 5.32. The zero-order valence-electron chi connectivity index (χ0n) is 17.5. The standard InChI is InChI=1S/C24H32N4O/c1-29-21-7-2-4-19(18-21)22-8-9-23(26-25-22)28-16-12-24(13-17-28)10-14-27(15-11-24)20-5-3-6-20/h2,4,7-9,18,20H,3,5-6,10-17H2,1H3. The molecule has 1 aromatic carbocycles. The van der Waals surface area contributed by atoms with Gasteiger partial charge in [-0.2, -0.15) is 0 Å². The van der Waals surface area contributed by atoms with E-state index in [0.717, 1.165) is 42.0 Å². The second kappa shape index (κ2) is 7.94. The van der Waals surface area contributed by atoms with Gasteiger partial charge in [0, 0.05) is 24.7 Å². The molecule has 0 amide bonds. The minimum Gasteiger partial charge on any atom is -0.497 e. The van der Waals surface area contributed by atoms with Gasteiger partial charge in [0.25, 0.3) is 0 Å². The van der Waals surface area contributed by atoms with E-state index in [1.54, 1.807) is 7.11 Å². The molecule has 154 valence electrons. The summed E-state index contributed by atoms with van der Waals surface area (Å²) in [6, 6.07) is 13.1. The fraction of sp³-hybridized carbons (Fsp3) is 0.583. The highest BCUT2D eigenvalue weighted by Crippen LogP contribution is 2.43. The number of nitrogens with zero attached hydrogens (tertiary/aromatic N) is 4. The number of methoxy groups -OCH3 is 1. The first kappa shape index (κ1) is 18.9. The second-order valence-electron chi connectivity index (χ2n) is 9.12. The molecule has 1 aromatic heterocycles. The van der Waals surface area contributed by atoms with Crippen LogP contribution in [0.2, 0.25) is 0 Å². The summed E-state index contributed by atoms with van der Waals surface area (Å²) in [6.45, 7) is 4.85. The SMILES string of the molecule is COc1cccc(-c2ccc(N3CCC4(CC3)CCN(C3CCC3)CC4)nn2)c1. The Morgan fingerprint density at radius 3 is 2.31 bits per heavy atom. The predicted octanol–water partition coefficient (Wildman–Crippen LogP) is 4.39. The number of hydrogen-bond acceptors (Lipinski definition) is 5. The predicted molar refractivity (Wildman–Crippen MR) is 116 cm³/mol. The molecule has 3 fully saturated rings. The molecule has 0 N–H and O–H groups in total. The van der Waals surface area contributed by atoms with Crippen LogP contribution in [0.3, 0.4) is 0 Å². The quantitative estimate of drug-likeness (QED) is 0.772. The lowest BCUT2D eigenvalue weighted by atomic mass is 9.70. The molecule has 29 heavy (non-hydrogen) atoms. The molecule has 5 heteroatoms. The lowest BCUT2D eigenvalue weighted by molar-refractivity contribution is 0.0305. The zero-order chi connectivity index (χ0) is 19.7. The molecule has 3 heterocycles. The first-order valence-corrected chi connectivity index (χ1v) is 11.2. The molecule has 0 bridgehead atoms. The first-order chi connectivity index (χ1) is 14.2. The van der Waals surface area contributed by atoms with Crippen LogP contribution in [-0.4, -0.2) is 54.4 Å². The number of anilines is 1. The van der Waals surface area contributed by atoms with E-state index in [9.17, 15) is 0 Å². The van der Waals surface area contributed by atoms with Crippen LogP contribution in [0.5, 0.6) is 5.75 Å². The van der Waals surface area contributed by atoms with Crippen LogP contribution in [0.4, 0.5) is 5.82 Å². The van der Waals surface area contributed by atoms with Crippen molar-refractivity contribution in [3.8, 4) is 17.0 Å². The van der Waals surface area contributed by atoms with Crippen LogP contribution in [0.1, 0.15) is 44.9 Å². The Bertz CT molecular complexity index is 815. The fourth-order valence-electron chi connectivity index (χ4n) is 5.26. The van der Waals surface area contributed by atoms with E-state index in [0.29, 0.717) is 5.41 Å². The normalized spacial score (nSPS) is 22.4. The minimum absolute atomic E-state index is 0.574. The highest BCUT2D eigenvalue weighted by Gasteiger charge is 2.39. The molecule has 2 saturated heterocycles. The molecule has 0 radical (unpaired) electrons. The molecular weight excluding hydrogens is 360 g/mol. The monoisotopic (exact) mass is 392 g/mol. The third kappa shape index (κ3) is 3.85. The van der Waals surface area contributed by atoms with Crippen molar-refractivity contribution in [2.75, 3.05) is 38.2 Å². The Hall–Kier alpha value is -2.14. The Labute approximate surface area is 174 Å². The van der Waals surface area contributed by atoms with Crippen LogP contribution < -0.4 is 9.64 Å². The van der Waals surface area contributed by atoms with E-state index in [1.807, 2.05) is 24.3 Å². The van der Waals surface area contributed by atoms with Gasteiger partial charge in [-0.15, -0.1) is 10.2 Å². The average molecular weight is 393 g/mol. The lowest BCUT2D eigenvalue weighted by Crippen LogP contribution is -2.51. The van der Waals surface area contributed by atoms with Crippen LogP contribution >= 0.6 is 0 Å². The smallest absolute Gasteiger partial charge is 0.151 e. The van der Waals surface area contributed by atoms with E-state index >= 15 is 0 Å². The summed E-state index contributed by atoms with van der Waals surface area (Å²) in [5, 5.41) is 9.04. The van der Waals surface area contributed by atoms with Gasteiger partial charge >= 0.3 is 0 Å². The van der Waals surface area contributed by atoms with Gasteiger partial charge in [-0.3, -0.25) is 0 Å². The van der Waals surface area contributed by atoms with E-state index in [4.69, 9.17) is 4.74 Å². The molecule has 3 aliphatic rings. The Kier molecular flexibility index (Phi) is 5.17. The fourth-order valence-corrected chi connectivity index (χ4v) is 5.26. The van der Waals surface area contributed by atoms with Crippen molar-refractivity contribution < 1.29 is 4.74 Å². The van der Waals surface area contributed by atoms with Gasteiger partial charge in [0.2, 0.25) is 0 Å². The third-order valence-corrected chi connectivity index (χ3v) is 7.61. The molecule has 2 aromatic rings. The molecule has 5 rings (SSSR count). The summed E-state index contributed by atoms with van der Waals surface area (Å²) in [5.41, 5.74) is 2.51. The highest BCUT2D eigenvalue weighted by molar-refractivity contribution is 5.61. The largest absolute Gasteiger partial charge is 0.497 e. The summed E-state index contributed by atoms with van der Waals surface area (Å²) in [5.74, 6) is 1.86. The third-order valence-electron chi connectivity index (χ3n) is 7.61. The van der Waals surface area contributed by atoms with Gasteiger partial charge in [-0.25, -0.2) is 0 Å². The van der Waals surface area contributed by atoms with Crippen molar-refractivity contribution in [1.29, 1.82) is 0 Å². The van der Waals surface area contributed by atoms with Crippen molar-refractivity contribution in [2.24, 2.45) is 5.41 Å². The van der Waals surface area contributed by atoms with E-state index in [-0.39, 0.29) is 0 Å². The number of rotatable bonds is 4. The van der Waals surface area contributed by atoms with E-state index < -0.39 is 0 Å². The van der Waals surface area contributed by atoms with Gasteiger partial charge in [-0.1, -0.05) is 18.6 Å². The number of hydrogen-bond donors (Lipinski definition) is 0. The van der Waals surface area contributed by atoms with Gasteiger partial charge in [0.05, 0.1) is 12.8 Å². The van der Waals surface area contributed by atoms with Gasteiger partial charge in [0.15, 0.2) is 5.82 Å². The Morgan fingerprint density at radius 2 is 1.69 bits per heavy atom. The summed E-state index contributed by atoms with van der Waals surface area (Å²) in [4.78, 5) is 5.19. The summed E-state index contributed by atoms with van der Waals surface area (Å²) in [6.07, 6.45) is 9.68. The number of aromatic nitrogens is 2. The van der Waals surface area contributed by atoms with Crippen LogP contribution in [0.25, 0.3) is 11.3 Å².